The van der Waals surface area contributed by atoms with Crippen molar-refractivity contribution in [3.8, 4) is 0 Å². The fraction of sp³-hybridized carbons (Fsp3) is 0.381. The molecule has 0 aliphatic carbocycles. The lowest BCUT2D eigenvalue weighted by molar-refractivity contribution is -0.119. The molecule has 1 saturated heterocycles. The lowest BCUT2D eigenvalue weighted by atomic mass is 10.0. The minimum absolute atomic E-state index is 0.00194. The third-order valence-corrected chi connectivity index (χ3v) is 5.83. The minimum Gasteiger partial charge on any atom is -0.354 e. The van der Waals surface area contributed by atoms with E-state index in [0.29, 0.717) is 19.0 Å². The van der Waals surface area contributed by atoms with E-state index in [1.165, 1.54) is 5.56 Å². The summed E-state index contributed by atoms with van der Waals surface area (Å²) in [5.41, 5.74) is 1.92. The van der Waals surface area contributed by atoms with Gasteiger partial charge in [0.25, 0.3) is 5.91 Å². The smallest absolute Gasteiger partial charge is 0.267 e. The second-order valence-electron chi connectivity index (χ2n) is 7.72. The number of hydrogen-bond acceptors (Lipinski definition) is 5. The second-order valence-corrected chi connectivity index (χ2v) is 7.72. The Morgan fingerprint density at radius 3 is 2.79 bits per heavy atom. The first-order valence-corrected chi connectivity index (χ1v) is 9.82. The van der Waals surface area contributed by atoms with Crippen molar-refractivity contribution >= 4 is 12.0 Å². The van der Waals surface area contributed by atoms with Crippen LogP contribution >= 0.6 is 0 Å². The lowest BCUT2D eigenvalue weighted by Crippen LogP contribution is -2.49. The molecular formula is C21H24N6O. The highest BCUT2D eigenvalue weighted by Crippen LogP contribution is 2.37. The van der Waals surface area contributed by atoms with E-state index < -0.39 is 0 Å². The summed E-state index contributed by atoms with van der Waals surface area (Å²) in [7, 11) is 0. The van der Waals surface area contributed by atoms with Gasteiger partial charge in [-0.3, -0.25) is 4.79 Å². The minimum atomic E-state index is -0.00194. The van der Waals surface area contributed by atoms with E-state index in [2.05, 4.69) is 54.6 Å². The molecule has 1 aromatic heterocycles. The van der Waals surface area contributed by atoms with Gasteiger partial charge in [0.15, 0.2) is 5.82 Å². The molecule has 1 fully saturated rings. The Morgan fingerprint density at radius 2 is 2.04 bits per heavy atom. The second kappa shape index (κ2) is 6.91. The molecule has 7 heteroatoms. The average molecular weight is 376 g/mol. The Hall–Kier alpha value is -2.93. The molecule has 0 radical (unpaired) electrons. The number of benzene rings is 1. The average Bonchev–Trinajstić information content (AvgIpc) is 3.22. The molecule has 7 nitrogen and oxygen atoms in total. The number of rotatable bonds is 5. The number of nitrogens with zero attached hydrogens (tertiary/aromatic N) is 4. The molecule has 2 aromatic rings. The Bertz CT molecular complexity index is 943. The molecule has 0 spiro atoms. The van der Waals surface area contributed by atoms with Crippen molar-refractivity contribution in [1.29, 1.82) is 0 Å². The van der Waals surface area contributed by atoms with Gasteiger partial charge >= 0.3 is 0 Å². The SMILES string of the molecule is Cc1nnc2n1C1C=C(C(=O)NCC3CNC3)N(Cc3ccccc3)C1C=C2. The Balaban J connectivity index is 1.45. The summed E-state index contributed by atoms with van der Waals surface area (Å²) in [6.07, 6.45) is 6.23. The Kier molecular flexibility index (Phi) is 4.24. The summed E-state index contributed by atoms with van der Waals surface area (Å²) in [4.78, 5) is 15.3. The van der Waals surface area contributed by atoms with E-state index in [-0.39, 0.29) is 18.0 Å². The molecule has 5 rings (SSSR count). The zero-order valence-corrected chi connectivity index (χ0v) is 15.9. The van der Waals surface area contributed by atoms with Crippen LogP contribution < -0.4 is 10.6 Å². The quantitative estimate of drug-likeness (QED) is 0.822. The standard InChI is InChI=1S/C21H24N6O/c1-14-24-25-20-8-7-17-18(27(14)20)9-19(21(28)23-12-16-10-22-11-16)26(17)13-15-5-3-2-4-6-15/h2-9,16-18,22H,10-13H2,1H3,(H,23,28). The number of amides is 1. The molecule has 1 amide bonds. The monoisotopic (exact) mass is 376 g/mol. The normalized spacial score (nSPS) is 23.0. The maximum Gasteiger partial charge on any atom is 0.267 e. The van der Waals surface area contributed by atoms with E-state index >= 15 is 0 Å². The van der Waals surface area contributed by atoms with Crippen LogP contribution in [-0.2, 0) is 11.3 Å². The van der Waals surface area contributed by atoms with Crippen molar-refractivity contribution in [3.05, 3.63) is 65.4 Å². The third kappa shape index (κ3) is 2.92. The largest absolute Gasteiger partial charge is 0.354 e. The highest BCUT2D eigenvalue weighted by molar-refractivity contribution is 5.93. The van der Waals surface area contributed by atoms with E-state index in [1.807, 2.05) is 31.2 Å². The number of hydrogen-bond donors (Lipinski definition) is 2. The van der Waals surface area contributed by atoms with E-state index in [4.69, 9.17) is 0 Å². The van der Waals surface area contributed by atoms with Crippen LogP contribution in [0.1, 0.15) is 23.3 Å². The zero-order valence-electron chi connectivity index (χ0n) is 15.9. The van der Waals surface area contributed by atoms with Gasteiger partial charge in [-0.2, -0.15) is 0 Å². The maximum absolute atomic E-state index is 13.1. The summed E-state index contributed by atoms with van der Waals surface area (Å²) in [5.74, 6) is 2.24. The first-order chi connectivity index (χ1) is 13.7. The molecule has 3 aliphatic rings. The summed E-state index contributed by atoms with van der Waals surface area (Å²) < 4.78 is 2.12. The Morgan fingerprint density at radius 1 is 1.21 bits per heavy atom. The van der Waals surface area contributed by atoms with Gasteiger partial charge in [0, 0.05) is 32.1 Å². The van der Waals surface area contributed by atoms with Crippen molar-refractivity contribution in [2.75, 3.05) is 19.6 Å². The highest BCUT2D eigenvalue weighted by Gasteiger charge is 2.40. The number of aromatic nitrogens is 3. The molecule has 1 aromatic carbocycles. The van der Waals surface area contributed by atoms with Crippen LogP contribution in [0.4, 0.5) is 0 Å². The molecule has 0 saturated carbocycles. The van der Waals surface area contributed by atoms with Crippen LogP contribution in [0.5, 0.6) is 0 Å². The van der Waals surface area contributed by atoms with Crippen LogP contribution in [0.2, 0.25) is 0 Å². The first kappa shape index (κ1) is 17.2. The van der Waals surface area contributed by atoms with Gasteiger partial charge < -0.3 is 20.1 Å². The van der Waals surface area contributed by atoms with Gasteiger partial charge in [-0.15, -0.1) is 10.2 Å². The van der Waals surface area contributed by atoms with Gasteiger partial charge in [-0.1, -0.05) is 36.4 Å². The fourth-order valence-corrected chi connectivity index (χ4v) is 4.20. The van der Waals surface area contributed by atoms with Crippen molar-refractivity contribution in [2.45, 2.75) is 25.6 Å². The van der Waals surface area contributed by atoms with Gasteiger partial charge in [-0.25, -0.2) is 0 Å². The number of carbonyl (C=O) groups excluding carboxylic acids is 1. The predicted octanol–water partition coefficient (Wildman–Crippen LogP) is 1.26. The Labute approximate surface area is 164 Å². The molecule has 28 heavy (non-hydrogen) atoms. The topological polar surface area (TPSA) is 75.1 Å². The highest BCUT2D eigenvalue weighted by atomic mass is 16.2. The van der Waals surface area contributed by atoms with Gasteiger partial charge in [-0.05, 0) is 24.6 Å². The van der Waals surface area contributed by atoms with Crippen LogP contribution in [0.15, 0.2) is 48.2 Å². The fourth-order valence-electron chi connectivity index (χ4n) is 4.20. The third-order valence-electron chi connectivity index (χ3n) is 5.83. The van der Waals surface area contributed by atoms with Crippen LogP contribution in [0.25, 0.3) is 6.08 Å². The molecule has 4 heterocycles. The van der Waals surface area contributed by atoms with Crippen LogP contribution in [-0.4, -0.2) is 51.2 Å². The van der Waals surface area contributed by atoms with Crippen LogP contribution in [0, 0.1) is 12.8 Å². The molecular weight excluding hydrogens is 352 g/mol. The molecule has 3 aliphatic heterocycles. The van der Waals surface area contributed by atoms with Gasteiger partial charge in [0.1, 0.15) is 11.5 Å². The van der Waals surface area contributed by atoms with Crippen LogP contribution in [0.3, 0.4) is 0 Å². The van der Waals surface area contributed by atoms with Crippen molar-refractivity contribution in [1.82, 2.24) is 30.3 Å². The first-order valence-electron chi connectivity index (χ1n) is 9.82. The molecule has 2 N–H and O–H groups in total. The lowest BCUT2D eigenvalue weighted by Gasteiger charge is -2.33. The number of aryl methyl sites for hydroxylation is 1. The number of fused-ring (bicyclic) bond motifs is 3. The van der Waals surface area contributed by atoms with Crippen molar-refractivity contribution < 1.29 is 4.79 Å². The molecule has 144 valence electrons. The number of nitrogens with one attached hydrogen (secondary N) is 2. The van der Waals surface area contributed by atoms with Crippen molar-refractivity contribution in [3.63, 3.8) is 0 Å². The summed E-state index contributed by atoms with van der Waals surface area (Å²) in [5, 5.41) is 14.8. The van der Waals surface area contributed by atoms with E-state index in [0.717, 1.165) is 30.4 Å². The molecule has 0 bridgehead atoms. The summed E-state index contributed by atoms with van der Waals surface area (Å²) in [6.45, 7) is 5.32. The van der Waals surface area contributed by atoms with Crippen molar-refractivity contribution in [2.24, 2.45) is 5.92 Å². The van der Waals surface area contributed by atoms with Gasteiger partial charge in [0.05, 0.1) is 12.1 Å². The molecule has 2 atom stereocenters. The summed E-state index contributed by atoms with van der Waals surface area (Å²) in [6, 6.07) is 10.4. The number of carbonyl (C=O) groups is 1. The van der Waals surface area contributed by atoms with E-state index in [1.54, 1.807) is 0 Å². The van der Waals surface area contributed by atoms with Gasteiger partial charge in [0.2, 0.25) is 0 Å². The summed E-state index contributed by atoms with van der Waals surface area (Å²) >= 11 is 0. The molecule has 2 unspecified atom stereocenters. The maximum atomic E-state index is 13.1. The zero-order chi connectivity index (χ0) is 19.1. The predicted molar refractivity (Wildman–Crippen MR) is 106 cm³/mol. The van der Waals surface area contributed by atoms with E-state index in [9.17, 15) is 4.79 Å².